The number of amides is 2. The van der Waals surface area contributed by atoms with Gasteiger partial charge in [0.1, 0.15) is 11.5 Å². The third kappa shape index (κ3) is 13.3. The topological polar surface area (TPSA) is 101 Å². The molecule has 0 radical (unpaired) electrons. The number of nitrogens with one attached hydrogen (secondary N) is 2. The molecule has 0 saturated heterocycles. The van der Waals surface area contributed by atoms with Gasteiger partial charge in [0, 0.05) is 0 Å². The van der Waals surface area contributed by atoms with Gasteiger partial charge >= 0.3 is 0 Å². The van der Waals surface area contributed by atoms with E-state index in [0.29, 0.717) is 11.5 Å². The van der Waals surface area contributed by atoms with Crippen LogP contribution in [0.4, 0.5) is 0 Å². The maximum Gasteiger partial charge on any atom is 0.277 e. The normalized spacial score (nSPS) is 12.7. The van der Waals surface area contributed by atoms with Gasteiger partial charge in [-0.2, -0.15) is 10.2 Å². The molecule has 3 aromatic rings. The quantitative estimate of drug-likeness (QED) is 0.135. The molecule has 2 amide bonds. The summed E-state index contributed by atoms with van der Waals surface area (Å²) in [5, 5.41) is 8.03. The molecule has 8 nitrogen and oxygen atoms in total. The highest BCUT2D eigenvalue weighted by molar-refractivity contribution is 5.86. The van der Waals surface area contributed by atoms with E-state index in [0.717, 1.165) is 24.0 Å². The molecule has 0 aliphatic carbocycles. The second-order valence-corrected chi connectivity index (χ2v) is 16.1. The number of hydrogen-bond acceptors (Lipinski definition) is 6. The molecular weight excluding hydrogens is 600 g/mol. The van der Waals surface area contributed by atoms with Crippen LogP contribution in [0, 0.1) is 10.8 Å². The van der Waals surface area contributed by atoms with Crippen molar-refractivity contribution in [1.29, 1.82) is 0 Å². The van der Waals surface area contributed by atoms with Crippen LogP contribution in [-0.2, 0) is 20.4 Å². The number of hydrazone groups is 2. The van der Waals surface area contributed by atoms with Gasteiger partial charge in [-0.05, 0) is 81.0 Å². The minimum atomic E-state index is -0.357. The monoisotopic (exact) mass is 654 g/mol. The van der Waals surface area contributed by atoms with E-state index in [1.165, 1.54) is 11.1 Å². The van der Waals surface area contributed by atoms with E-state index in [1.807, 2.05) is 48.5 Å². The first-order chi connectivity index (χ1) is 22.3. The zero-order valence-corrected chi connectivity index (χ0v) is 30.4. The molecule has 2 N–H and O–H groups in total. The van der Waals surface area contributed by atoms with Crippen molar-refractivity contribution < 1.29 is 19.1 Å². The van der Waals surface area contributed by atoms with Gasteiger partial charge in [0.15, 0.2) is 13.2 Å². The third-order valence-electron chi connectivity index (χ3n) is 7.70. The Bertz CT molecular complexity index is 1420. The van der Waals surface area contributed by atoms with Crippen LogP contribution in [0.1, 0.15) is 104 Å². The Balaban J connectivity index is 1.37. The van der Waals surface area contributed by atoms with Crippen LogP contribution in [-0.4, -0.2) is 37.5 Å². The van der Waals surface area contributed by atoms with Crippen LogP contribution >= 0.6 is 0 Å². The van der Waals surface area contributed by atoms with Crippen molar-refractivity contribution in [3.63, 3.8) is 0 Å². The number of hydrogen-bond donors (Lipinski definition) is 2. The Morgan fingerprint density at radius 1 is 0.542 bits per heavy atom. The summed E-state index contributed by atoms with van der Waals surface area (Å²) in [4.78, 5) is 24.4. The second kappa shape index (κ2) is 16.1. The molecule has 8 heteroatoms. The van der Waals surface area contributed by atoms with Gasteiger partial charge in [0.25, 0.3) is 11.8 Å². The summed E-state index contributed by atoms with van der Waals surface area (Å²) < 4.78 is 11.3. The van der Waals surface area contributed by atoms with E-state index in [-0.39, 0.29) is 46.7 Å². The van der Waals surface area contributed by atoms with E-state index >= 15 is 0 Å². The van der Waals surface area contributed by atoms with Gasteiger partial charge in [0.2, 0.25) is 0 Å². The lowest BCUT2D eigenvalue weighted by Crippen LogP contribution is -2.25. The fourth-order valence-electron chi connectivity index (χ4n) is 6.25. The lowest BCUT2D eigenvalue weighted by Gasteiger charge is -2.33. The summed E-state index contributed by atoms with van der Waals surface area (Å²) in [5.41, 5.74) is 9.53. The Labute approximate surface area is 287 Å². The molecule has 0 bridgehead atoms. The number of benzene rings is 3. The average molecular weight is 655 g/mol. The molecule has 0 saturated carbocycles. The molecule has 3 aromatic carbocycles. The van der Waals surface area contributed by atoms with Gasteiger partial charge in [-0.3, -0.25) is 9.59 Å². The molecule has 3 rings (SSSR count). The number of nitrogens with zero attached hydrogens (tertiary/aromatic N) is 2. The van der Waals surface area contributed by atoms with E-state index in [2.05, 4.69) is 115 Å². The summed E-state index contributed by atoms with van der Waals surface area (Å²) in [6.07, 6.45) is 5.20. The molecular formula is C40H54N4O4. The predicted octanol–water partition coefficient (Wildman–Crippen LogP) is 8.17. The van der Waals surface area contributed by atoms with Crippen molar-refractivity contribution in [1.82, 2.24) is 10.9 Å². The van der Waals surface area contributed by atoms with Crippen LogP contribution in [0.3, 0.4) is 0 Å². The smallest absolute Gasteiger partial charge is 0.277 e. The van der Waals surface area contributed by atoms with Crippen molar-refractivity contribution in [2.75, 3.05) is 13.2 Å². The Morgan fingerprint density at radius 2 is 0.854 bits per heavy atom. The maximum atomic E-state index is 12.2. The second-order valence-electron chi connectivity index (χ2n) is 16.1. The van der Waals surface area contributed by atoms with Crippen LogP contribution < -0.4 is 20.3 Å². The lowest BCUT2D eigenvalue weighted by atomic mass is 9.72. The molecule has 0 fully saturated rings. The molecule has 0 aromatic heterocycles. The zero-order valence-electron chi connectivity index (χ0n) is 30.4. The minimum Gasteiger partial charge on any atom is -0.484 e. The lowest BCUT2D eigenvalue weighted by molar-refractivity contribution is -0.123. The first-order valence-electron chi connectivity index (χ1n) is 16.5. The van der Waals surface area contributed by atoms with E-state index in [1.54, 1.807) is 12.4 Å². The first kappa shape index (κ1) is 38.0. The molecule has 0 heterocycles. The van der Waals surface area contributed by atoms with Gasteiger partial charge in [-0.25, -0.2) is 10.9 Å². The Hall–Kier alpha value is -4.46. The fourth-order valence-corrected chi connectivity index (χ4v) is 6.25. The zero-order chi connectivity index (χ0) is 35.6. The van der Waals surface area contributed by atoms with E-state index < -0.39 is 0 Å². The molecule has 0 aliphatic heterocycles. The summed E-state index contributed by atoms with van der Waals surface area (Å²) in [6.45, 7) is 22.2. The highest BCUT2D eigenvalue weighted by Crippen LogP contribution is 2.37. The average Bonchev–Trinajstić information content (AvgIpc) is 2.98. The highest BCUT2D eigenvalue weighted by atomic mass is 16.5. The summed E-state index contributed by atoms with van der Waals surface area (Å²) in [6, 6.07) is 23.1. The number of carbonyl (C=O) groups excluding carboxylic acids is 2. The Morgan fingerprint density at radius 3 is 1.15 bits per heavy atom. The predicted molar refractivity (Wildman–Crippen MR) is 196 cm³/mol. The molecule has 48 heavy (non-hydrogen) atoms. The van der Waals surface area contributed by atoms with E-state index in [9.17, 15) is 9.59 Å². The van der Waals surface area contributed by atoms with Crippen molar-refractivity contribution in [3.8, 4) is 11.5 Å². The molecule has 258 valence electrons. The van der Waals surface area contributed by atoms with Crippen molar-refractivity contribution in [3.05, 3.63) is 95.1 Å². The van der Waals surface area contributed by atoms with Gasteiger partial charge in [-0.15, -0.1) is 0 Å². The van der Waals surface area contributed by atoms with Crippen LogP contribution in [0.15, 0.2) is 83.0 Å². The number of carbonyl (C=O) groups is 2. The molecule has 0 aliphatic rings. The minimum absolute atomic E-state index is 0.0390. The van der Waals surface area contributed by atoms with Gasteiger partial charge in [-0.1, -0.05) is 118 Å². The summed E-state index contributed by atoms with van der Waals surface area (Å²) in [7, 11) is 0. The molecule has 0 atom stereocenters. The van der Waals surface area contributed by atoms with Crippen molar-refractivity contribution in [2.24, 2.45) is 21.0 Å². The number of rotatable bonds is 14. The highest BCUT2D eigenvalue weighted by Gasteiger charge is 2.28. The standard InChI is InChI=1S/C40H54N4O4/c1-37(2,3)27-39(7,8)31-15-19-33(20-16-31)47-25-35(45)43-41-23-29-11-13-30(14-12-29)24-42-44-36(46)26-48-34-21-17-32(18-22-34)40(9,10)28-38(4,5)6/h11-24H,25-28H2,1-10H3,(H,43,45)(H,44,46). The fraction of sp³-hybridized carbons (Fsp3) is 0.450. The molecule has 0 unspecified atom stereocenters. The van der Waals surface area contributed by atoms with Crippen LogP contribution in [0.5, 0.6) is 11.5 Å². The van der Waals surface area contributed by atoms with Crippen LogP contribution in [0.25, 0.3) is 0 Å². The molecule has 0 spiro atoms. The Kier molecular flexibility index (Phi) is 12.7. The van der Waals surface area contributed by atoms with Gasteiger partial charge < -0.3 is 9.47 Å². The van der Waals surface area contributed by atoms with Crippen molar-refractivity contribution in [2.45, 2.75) is 92.9 Å². The number of ether oxygens (including phenoxy) is 2. The third-order valence-corrected chi connectivity index (χ3v) is 7.70. The summed E-state index contributed by atoms with van der Waals surface area (Å²) >= 11 is 0. The largest absolute Gasteiger partial charge is 0.484 e. The first-order valence-corrected chi connectivity index (χ1v) is 16.5. The van der Waals surface area contributed by atoms with Gasteiger partial charge in [0.05, 0.1) is 12.4 Å². The summed E-state index contributed by atoms with van der Waals surface area (Å²) in [5.74, 6) is 0.547. The maximum absolute atomic E-state index is 12.2. The SMILES string of the molecule is CC(C)(C)CC(C)(C)c1ccc(OCC(=O)NN=Cc2ccc(C=NNC(=O)COc3ccc(C(C)(C)CC(C)(C)C)cc3)cc2)cc1. The van der Waals surface area contributed by atoms with Crippen molar-refractivity contribution >= 4 is 24.2 Å². The van der Waals surface area contributed by atoms with Crippen LogP contribution in [0.2, 0.25) is 0 Å². The van der Waals surface area contributed by atoms with E-state index in [4.69, 9.17) is 9.47 Å².